The Morgan fingerprint density at radius 2 is 2.06 bits per heavy atom. The molecule has 2 rings (SSSR count). The molecule has 3 nitrogen and oxygen atoms in total. The second kappa shape index (κ2) is 6.17. The monoisotopic (exact) mass is 241 g/mol. The molecule has 0 aromatic rings. The van der Waals surface area contributed by atoms with Crippen LogP contribution in [0.15, 0.2) is 0 Å². The van der Waals surface area contributed by atoms with E-state index in [1.807, 2.05) is 0 Å². The van der Waals surface area contributed by atoms with Crippen molar-refractivity contribution in [2.45, 2.75) is 70.8 Å². The topological polar surface area (TPSA) is 30.5 Å². The van der Waals surface area contributed by atoms with E-state index in [1.54, 1.807) is 0 Å². The van der Waals surface area contributed by atoms with Crippen molar-refractivity contribution in [3.05, 3.63) is 0 Å². The van der Waals surface area contributed by atoms with Crippen LogP contribution in [0.5, 0.6) is 0 Å². The Morgan fingerprint density at radius 3 is 2.71 bits per heavy atom. The second-order valence-electron chi connectivity index (χ2n) is 5.86. The molecule has 0 aliphatic carbocycles. The Kier molecular flexibility index (Phi) is 4.83. The van der Waals surface area contributed by atoms with Gasteiger partial charge in [0.1, 0.15) is 0 Å². The summed E-state index contributed by atoms with van der Waals surface area (Å²) in [4.78, 5) is 0. The van der Waals surface area contributed by atoms with Crippen LogP contribution in [0.25, 0.3) is 0 Å². The summed E-state index contributed by atoms with van der Waals surface area (Å²) in [6, 6.07) is 0.556. The second-order valence-corrected chi connectivity index (χ2v) is 5.86. The molecular formula is C14H27NO2. The highest BCUT2D eigenvalue weighted by atomic mass is 16.5. The maximum absolute atomic E-state index is 5.99. The number of nitrogens with one attached hydrogen (secondary N) is 1. The molecule has 2 aliphatic heterocycles. The Bertz CT molecular complexity index is 232. The third-order valence-electron chi connectivity index (χ3n) is 3.91. The first-order chi connectivity index (χ1) is 8.16. The summed E-state index contributed by atoms with van der Waals surface area (Å²) in [7, 11) is 0. The normalized spacial score (nSPS) is 38.8. The Labute approximate surface area is 105 Å². The lowest BCUT2D eigenvalue weighted by Gasteiger charge is -2.36. The molecule has 0 spiro atoms. The molecular weight excluding hydrogens is 214 g/mol. The van der Waals surface area contributed by atoms with Crippen LogP contribution in [-0.2, 0) is 9.47 Å². The van der Waals surface area contributed by atoms with Crippen molar-refractivity contribution in [2.24, 2.45) is 5.92 Å². The minimum Gasteiger partial charge on any atom is -0.375 e. The van der Waals surface area contributed by atoms with Crippen molar-refractivity contribution in [1.82, 2.24) is 5.32 Å². The van der Waals surface area contributed by atoms with Crippen LogP contribution in [0.2, 0.25) is 0 Å². The van der Waals surface area contributed by atoms with Crippen LogP contribution >= 0.6 is 0 Å². The lowest BCUT2D eigenvalue weighted by molar-refractivity contribution is -0.111. The van der Waals surface area contributed by atoms with Crippen molar-refractivity contribution in [2.75, 3.05) is 13.2 Å². The van der Waals surface area contributed by atoms with Gasteiger partial charge >= 0.3 is 0 Å². The minimum absolute atomic E-state index is 0.319. The Hall–Kier alpha value is -0.120. The molecule has 2 heterocycles. The summed E-state index contributed by atoms with van der Waals surface area (Å²) in [5.41, 5.74) is 0. The summed E-state index contributed by atoms with van der Waals surface area (Å²) in [6.45, 7) is 8.55. The molecule has 1 N–H and O–H groups in total. The molecule has 0 saturated carbocycles. The summed E-state index contributed by atoms with van der Waals surface area (Å²) >= 11 is 0. The van der Waals surface area contributed by atoms with E-state index in [4.69, 9.17) is 9.47 Å². The molecule has 0 radical (unpaired) electrons. The van der Waals surface area contributed by atoms with E-state index >= 15 is 0 Å². The van der Waals surface area contributed by atoms with Gasteiger partial charge in [0.15, 0.2) is 0 Å². The van der Waals surface area contributed by atoms with E-state index in [-0.39, 0.29) is 0 Å². The lowest BCUT2D eigenvalue weighted by Crippen LogP contribution is -2.45. The molecule has 0 aromatic carbocycles. The van der Waals surface area contributed by atoms with Crippen molar-refractivity contribution in [1.29, 1.82) is 0 Å². The van der Waals surface area contributed by atoms with Crippen LogP contribution in [0, 0.1) is 5.92 Å². The zero-order chi connectivity index (χ0) is 12.3. The molecule has 3 heteroatoms. The van der Waals surface area contributed by atoms with Crippen molar-refractivity contribution >= 4 is 0 Å². The summed E-state index contributed by atoms with van der Waals surface area (Å²) in [5.74, 6) is 0.626. The molecule has 4 unspecified atom stereocenters. The fourth-order valence-electron chi connectivity index (χ4n) is 2.96. The van der Waals surface area contributed by atoms with Gasteiger partial charge in [-0.1, -0.05) is 13.8 Å². The summed E-state index contributed by atoms with van der Waals surface area (Å²) in [5, 5.41) is 3.54. The quantitative estimate of drug-likeness (QED) is 0.819. The predicted molar refractivity (Wildman–Crippen MR) is 69.2 cm³/mol. The maximum Gasteiger partial charge on any atom is 0.0876 e. The number of hydrogen-bond donors (Lipinski definition) is 1. The molecule has 17 heavy (non-hydrogen) atoms. The van der Waals surface area contributed by atoms with Gasteiger partial charge in [0.05, 0.1) is 18.3 Å². The van der Waals surface area contributed by atoms with Gasteiger partial charge in [-0.15, -0.1) is 0 Å². The van der Waals surface area contributed by atoms with Crippen molar-refractivity contribution in [3.63, 3.8) is 0 Å². The van der Waals surface area contributed by atoms with Gasteiger partial charge in [0.25, 0.3) is 0 Å². The van der Waals surface area contributed by atoms with Gasteiger partial charge in [0, 0.05) is 25.1 Å². The third kappa shape index (κ3) is 3.67. The first-order valence-electron chi connectivity index (χ1n) is 7.17. The SMILES string of the molecule is CC(C)NCC1CCCOC1C1CCC(C)O1. The standard InChI is InChI=1S/C14H27NO2/c1-10(2)15-9-12-5-4-8-16-14(12)13-7-6-11(3)17-13/h10-15H,4-9H2,1-3H3. The highest BCUT2D eigenvalue weighted by Gasteiger charge is 2.37. The summed E-state index contributed by atoms with van der Waals surface area (Å²) < 4.78 is 12.0. The van der Waals surface area contributed by atoms with E-state index < -0.39 is 0 Å². The van der Waals surface area contributed by atoms with Crippen LogP contribution in [-0.4, -0.2) is 37.5 Å². The van der Waals surface area contributed by atoms with Crippen molar-refractivity contribution < 1.29 is 9.47 Å². The van der Waals surface area contributed by atoms with Crippen LogP contribution in [0.1, 0.15) is 46.5 Å². The Morgan fingerprint density at radius 1 is 1.24 bits per heavy atom. The fraction of sp³-hybridized carbons (Fsp3) is 1.00. The van der Waals surface area contributed by atoms with E-state index in [0.29, 0.717) is 30.3 Å². The molecule has 100 valence electrons. The van der Waals surface area contributed by atoms with Gasteiger partial charge < -0.3 is 14.8 Å². The zero-order valence-electron chi connectivity index (χ0n) is 11.4. The third-order valence-corrected chi connectivity index (χ3v) is 3.91. The number of hydrogen-bond acceptors (Lipinski definition) is 3. The molecule has 4 atom stereocenters. The lowest BCUT2D eigenvalue weighted by atomic mass is 9.89. The van der Waals surface area contributed by atoms with E-state index in [0.717, 1.165) is 13.2 Å². The van der Waals surface area contributed by atoms with Crippen LogP contribution in [0.4, 0.5) is 0 Å². The average molecular weight is 241 g/mol. The Balaban J connectivity index is 1.87. The fourth-order valence-corrected chi connectivity index (χ4v) is 2.96. The van der Waals surface area contributed by atoms with Crippen LogP contribution < -0.4 is 5.32 Å². The average Bonchev–Trinajstić information content (AvgIpc) is 2.73. The van der Waals surface area contributed by atoms with E-state index in [2.05, 4.69) is 26.1 Å². The largest absolute Gasteiger partial charge is 0.375 e. The zero-order valence-corrected chi connectivity index (χ0v) is 11.4. The first kappa shape index (κ1) is 13.3. The molecule has 0 bridgehead atoms. The van der Waals surface area contributed by atoms with Gasteiger partial charge in [-0.2, -0.15) is 0 Å². The molecule has 2 saturated heterocycles. The van der Waals surface area contributed by atoms with Gasteiger partial charge in [0.2, 0.25) is 0 Å². The minimum atomic E-state index is 0.319. The molecule has 0 amide bonds. The summed E-state index contributed by atoms with van der Waals surface area (Å²) in [6.07, 6.45) is 5.91. The van der Waals surface area contributed by atoms with E-state index in [1.165, 1.54) is 25.7 Å². The van der Waals surface area contributed by atoms with Crippen molar-refractivity contribution in [3.8, 4) is 0 Å². The highest BCUT2D eigenvalue weighted by Crippen LogP contribution is 2.31. The predicted octanol–water partition coefficient (Wildman–Crippen LogP) is 2.35. The molecule has 2 fully saturated rings. The molecule has 0 aromatic heterocycles. The highest BCUT2D eigenvalue weighted by molar-refractivity contribution is 4.87. The molecule has 2 aliphatic rings. The van der Waals surface area contributed by atoms with Gasteiger partial charge in [-0.05, 0) is 32.6 Å². The smallest absolute Gasteiger partial charge is 0.0876 e. The van der Waals surface area contributed by atoms with Gasteiger partial charge in [-0.3, -0.25) is 0 Å². The first-order valence-corrected chi connectivity index (χ1v) is 7.17. The number of rotatable bonds is 4. The van der Waals surface area contributed by atoms with Crippen LogP contribution in [0.3, 0.4) is 0 Å². The van der Waals surface area contributed by atoms with Gasteiger partial charge in [-0.25, -0.2) is 0 Å². The van der Waals surface area contributed by atoms with E-state index in [9.17, 15) is 0 Å². The number of ether oxygens (including phenoxy) is 2. The maximum atomic E-state index is 5.99.